The standard InChI is InChI=1S/C11H23/c1-6-10(2)8-7-9-11(3,4)5/h10H,3,6-9H2,1-2,4-5H3. The monoisotopic (exact) mass is 155 g/mol. The Bertz CT molecular complexity index is 86.7. The lowest BCUT2D eigenvalue weighted by molar-refractivity contribution is 0.379. The summed E-state index contributed by atoms with van der Waals surface area (Å²) >= 11 is 0. The molecule has 0 aliphatic carbocycles. The highest BCUT2D eigenvalue weighted by molar-refractivity contribution is 4.70. The molecule has 0 nitrogen and oxygen atoms in total. The Morgan fingerprint density at radius 2 is 1.91 bits per heavy atom. The summed E-state index contributed by atoms with van der Waals surface area (Å²) in [6.45, 7) is 13.1. The molecule has 0 aromatic heterocycles. The lowest BCUT2D eigenvalue weighted by atomic mass is 9.88. The molecular weight excluding hydrogens is 132 g/mol. The molecule has 0 saturated carbocycles. The van der Waals surface area contributed by atoms with Crippen LogP contribution in [0.4, 0.5) is 0 Å². The van der Waals surface area contributed by atoms with Crippen LogP contribution >= 0.6 is 0 Å². The molecule has 67 valence electrons. The molecule has 0 rings (SSSR count). The van der Waals surface area contributed by atoms with Gasteiger partial charge in [0.2, 0.25) is 0 Å². The Morgan fingerprint density at radius 3 is 2.27 bits per heavy atom. The van der Waals surface area contributed by atoms with E-state index in [-0.39, 0.29) is 5.41 Å². The third kappa shape index (κ3) is 7.90. The topological polar surface area (TPSA) is 0 Å². The van der Waals surface area contributed by atoms with Gasteiger partial charge in [-0.15, -0.1) is 0 Å². The maximum absolute atomic E-state index is 4.09. The Kier molecular flexibility index (Phi) is 4.79. The molecule has 0 saturated heterocycles. The predicted molar refractivity (Wildman–Crippen MR) is 52.4 cm³/mol. The van der Waals surface area contributed by atoms with Gasteiger partial charge >= 0.3 is 0 Å². The molecule has 0 aromatic rings. The maximum atomic E-state index is 4.09. The summed E-state index contributed by atoms with van der Waals surface area (Å²) in [4.78, 5) is 0. The summed E-state index contributed by atoms with van der Waals surface area (Å²) in [5.41, 5.74) is 0.285. The van der Waals surface area contributed by atoms with Gasteiger partial charge in [-0.25, -0.2) is 0 Å². The Balaban J connectivity index is 3.28. The van der Waals surface area contributed by atoms with E-state index in [9.17, 15) is 0 Å². The van der Waals surface area contributed by atoms with Crippen LogP contribution in [-0.2, 0) is 0 Å². The van der Waals surface area contributed by atoms with Gasteiger partial charge in [0.05, 0.1) is 0 Å². The van der Waals surface area contributed by atoms with Crippen molar-refractivity contribution in [3.05, 3.63) is 6.92 Å². The van der Waals surface area contributed by atoms with Crippen LogP contribution in [0.3, 0.4) is 0 Å². The van der Waals surface area contributed by atoms with E-state index < -0.39 is 0 Å². The third-order valence-corrected chi connectivity index (χ3v) is 2.25. The fourth-order valence-electron chi connectivity index (χ4n) is 1.13. The molecule has 1 atom stereocenters. The molecule has 0 amide bonds. The van der Waals surface area contributed by atoms with Crippen LogP contribution in [0.1, 0.15) is 53.4 Å². The summed E-state index contributed by atoms with van der Waals surface area (Å²) in [6.07, 6.45) is 5.29. The van der Waals surface area contributed by atoms with Crippen LogP contribution in [0.5, 0.6) is 0 Å². The average molecular weight is 155 g/mol. The molecule has 0 spiro atoms. The fourth-order valence-corrected chi connectivity index (χ4v) is 1.13. The van der Waals surface area contributed by atoms with E-state index in [0.29, 0.717) is 0 Å². The molecule has 0 bridgehead atoms. The van der Waals surface area contributed by atoms with Crippen LogP contribution in [0.25, 0.3) is 0 Å². The lowest BCUT2D eigenvalue weighted by Gasteiger charge is -2.18. The van der Waals surface area contributed by atoms with Gasteiger partial charge in [-0.05, 0) is 24.7 Å². The zero-order valence-electron chi connectivity index (χ0n) is 8.61. The van der Waals surface area contributed by atoms with E-state index in [1.807, 2.05) is 0 Å². The first-order valence-corrected chi connectivity index (χ1v) is 4.81. The van der Waals surface area contributed by atoms with E-state index in [0.717, 1.165) is 5.92 Å². The van der Waals surface area contributed by atoms with Gasteiger partial charge in [-0.1, -0.05) is 47.0 Å². The molecule has 0 heteroatoms. The highest BCUT2D eigenvalue weighted by atomic mass is 14.2. The molecule has 1 unspecified atom stereocenters. The van der Waals surface area contributed by atoms with E-state index >= 15 is 0 Å². The van der Waals surface area contributed by atoms with Gasteiger partial charge in [-0.3, -0.25) is 0 Å². The third-order valence-electron chi connectivity index (χ3n) is 2.25. The quantitative estimate of drug-likeness (QED) is 0.561. The van der Waals surface area contributed by atoms with E-state index in [1.165, 1.54) is 25.7 Å². The summed E-state index contributed by atoms with van der Waals surface area (Å²) in [6, 6.07) is 0. The molecule has 0 aliphatic rings. The zero-order valence-corrected chi connectivity index (χ0v) is 8.61. The van der Waals surface area contributed by atoms with Crippen molar-refractivity contribution < 1.29 is 0 Å². The van der Waals surface area contributed by atoms with Gasteiger partial charge < -0.3 is 0 Å². The van der Waals surface area contributed by atoms with Crippen molar-refractivity contribution >= 4 is 0 Å². The number of hydrogen-bond acceptors (Lipinski definition) is 0. The van der Waals surface area contributed by atoms with Crippen LogP contribution in [0.2, 0.25) is 0 Å². The smallest absolute Gasteiger partial charge is 0.0354 e. The van der Waals surface area contributed by atoms with E-state index in [2.05, 4.69) is 34.6 Å². The van der Waals surface area contributed by atoms with Gasteiger partial charge in [0, 0.05) is 0 Å². The minimum absolute atomic E-state index is 0.285. The Hall–Kier alpha value is 0. The molecule has 0 heterocycles. The molecule has 1 radical (unpaired) electrons. The van der Waals surface area contributed by atoms with Gasteiger partial charge in [-0.2, -0.15) is 0 Å². The minimum Gasteiger partial charge on any atom is -0.0651 e. The van der Waals surface area contributed by atoms with Crippen molar-refractivity contribution in [3.63, 3.8) is 0 Å². The van der Waals surface area contributed by atoms with Crippen molar-refractivity contribution in [2.24, 2.45) is 11.3 Å². The van der Waals surface area contributed by atoms with Gasteiger partial charge in [0.25, 0.3) is 0 Å². The van der Waals surface area contributed by atoms with Gasteiger partial charge in [0.15, 0.2) is 0 Å². The molecule has 0 fully saturated rings. The first-order valence-electron chi connectivity index (χ1n) is 4.81. The normalized spacial score (nSPS) is 15.0. The van der Waals surface area contributed by atoms with E-state index in [4.69, 9.17) is 0 Å². The minimum atomic E-state index is 0.285. The van der Waals surface area contributed by atoms with Crippen molar-refractivity contribution in [1.82, 2.24) is 0 Å². The van der Waals surface area contributed by atoms with Crippen molar-refractivity contribution in [1.29, 1.82) is 0 Å². The molecule has 0 N–H and O–H groups in total. The van der Waals surface area contributed by atoms with Crippen LogP contribution in [0.15, 0.2) is 0 Å². The predicted octanol–water partition coefficient (Wildman–Crippen LogP) is 4.06. The zero-order chi connectivity index (χ0) is 8.91. The molecule has 0 aliphatic heterocycles. The number of rotatable bonds is 5. The molecular formula is C11H23. The lowest BCUT2D eigenvalue weighted by Crippen LogP contribution is -2.05. The fraction of sp³-hybridized carbons (Fsp3) is 0.909. The van der Waals surface area contributed by atoms with Crippen LogP contribution in [0, 0.1) is 18.3 Å². The second-order valence-corrected chi connectivity index (χ2v) is 4.57. The van der Waals surface area contributed by atoms with Crippen molar-refractivity contribution in [2.75, 3.05) is 0 Å². The summed E-state index contributed by atoms with van der Waals surface area (Å²) in [5.74, 6) is 0.900. The SMILES string of the molecule is [CH2]C(C)(C)CCCC(C)CC. The largest absolute Gasteiger partial charge is 0.0651 e. The molecule has 11 heavy (non-hydrogen) atoms. The number of hydrogen-bond donors (Lipinski definition) is 0. The van der Waals surface area contributed by atoms with Crippen molar-refractivity contribution in [2.45, 2.75) is 53.4 Å². The molecule has 0 aromatic carbocycles. The van der Waals surface area contributed by atoms with Crippen LogP contribution < -0.4 is 0 Å². The van der Waals surface area contributed by atoms with Gasteiger partial charge in [0.1, 0.15) is 0 Å². The first-order chi connectivity index (χ1) is 4.95. The second kappa shape index (κ2) is 4.79. The summed E-state index contributed by atoms with van der Waals surface area (Å²) in [5, 5.41) is 0. The van der Waals surface area contributed by atoms with E-state index in [1.54, 1.807) is 0 Å². The summed E-state index contributed by atoms with van der Waals surface area (Å²) in [7, 11) is 0. The average Bonchev–Trinajstić information content (AvgIpc) is 1.85. The van der Waals surface area contributed by atoms with Crippen molar-refractivity contribution in [3.8, 4) is 0 Å². The highest BCUT2D eigenvalue weighted by Crippen LogP contribution is 2.23. The Morgan fingerprint density at radius 1 is 1.36 bits per heavy atom. The maximum Gasteiger partial charge on any atom is -0.0354 e. The summed E-state index contributed by atoms with van der Waals surface area (Å²) < 4.78 is 0. The Labute approximate surface area is 72.4 Å². The first kappa shape index (κ1) is 11.0. The van der Waals surface area contributed by atoms with Crippen LogP contribution in [-0.4, -0.2) is 0 Å². The highest BCUT2D eigenvalue weighted by Gasteiger charge is 2.10. The second-order valence-electron chi connectivity index (χ2n) is 4.57.